The van der Waals surface area contributed by atoms with E-state index in [0.29, 0.717) is 23.6 Å². The Morgan fingerprint density at radius 1 is 1.15 bits per heavy atom. The third-order valence-electron chi connectivity index (χ3n) is 3.49. The second-order valence-electron chi connectivity index (χ2n) is 5.26. The molecule has 1 amide bonds. The minimum Gasteiger partial charge on any atom is -0.497 e. The molecule has 0 aliphatic rings. The molecule has 0 aliphatic carbocycles. The van der Waals surface area contributed by atoms with Crippen LogP contribution in [0.25, 0.3) is 0 Å². The molecule has 0 saturated heterocycles. The second-order valence-corrected chi connectivity index (χ2v) is 5.65. The van der Waals surface area contributed by atoms with Crippen molar-refractivity contribution in [2.45, 2.75) is 19.4 Å². The molecule has 2 rings (SSSR count). The van der Waals surface area contributed by atoms with Gasteiger partial charge in [0.05, 0.1) is 19.8 Å². The summed E-state index contributed by atoms with van der Waals surface area (Å²) in [5.74, 6) is -0.0666. The first-order valence-electron chi connectivity index (χ1n) is 7.83. The van der Waals surface area contributed by atoms with E-state index in [0.717, 1.165) is 0 Å². The topological polar surface area (TPSA) is 86.8 Å². The third kappa shape index (κ3) is 5.10. The molecular weight excluding hydrogens is 360 g/mol. The molecule has 2 aromatic rings. The predicted molar refractivity (Wildman–Crippen MR) is 96.9 cm³/mol. The fourth-order valence-electron chi connectivity index (χ4n) is 2.15. The first-order chi connectivity index (χ1) is 12.5. The van der Waals surface area contributed by atoms with Gasteiger partial charge >= 0.3 is 5.97 Å². The van der Waals surface area contributed by atoms with Crippen molar-refractivity contribution in [3.8, 4) is 11.5 Å². The number of ether oxygens (including phenoxy) is 3. The van der Waals surface area contributed by atoms with E-state index in [4.69, 9.17) is 25.8 Å². The maximum atomic E-state index is 12.5. The molecule has 1 aromatic heterocycles. The molecule has 0 fully saturated rings. The molecule has 1 aromatic carbocycles. The maximum absolute atomic E-state index is 12.5. The first-order valence-corrected chi connectivity index (χ1v) is 8.21. The molecule has 7 nitrogen and oxygen atoms in total. The van der Waals surface area contributed by atoms with Gasteiger partial charge in [-0.25, -0.2) is 9.78 Å². The van der Waals surface area contributed by atoms with E-state index in [1.165, 1.54) is 32.5 Å². The van der Waals surface area contributed by atoms with Crippen molar-refractivity contribution in [2.75, 3.05) is 19.5 Å². The highest BCUT2D eigenvalue weighted by Gasteiger charge is 2.22. The molecule has 0 spiro atoms. The number of anilines is 1. The quantitative estimate of drug-likeness (QED) is 0.587. The van der Waals surface area contributed by atoms with Crippen LogP contribution in [-0.2, 0) is 9.53 Å². The van der Waals surface area contributed by atoms with Gasteiger partial charge in [0, 0.05) is 30.1 Å². The van der Waals surface area contributed by atoms with Crippen LogP contribution in [0.15, 0.2) is 36.5 Å². The van der Waals surface area contributed by atoms with Crippen molar-refractivity contribution < 1.29 is 23.8 Å². The Morgan fingerprint density at radius 2 is 1.81 bits per heavy atom. The number of hydrogen-bond acceptors (Lipinski definition) is 6. The van der Waals surface area contributed by atoms with Crippen molar-refractivity contribution in [1.29, 1.82) is 0 Å². The van der Waals surface area contributed by atoms with E-state index in [1.807, 2.05) is 0 Å². The van der Waals surface area contributed by atoms with Crippen LogP contribution in [-0.4, -0.2) is 37.2 Å². The summed E-state index contributed by atoms with van der Waals surface area (Å²) in [6, 6.07) is 7.79. The summed E-state index contributed by atoms with van der Waals surface area (Å²) < 4.78 is 15.6. The molecule has 1 heterocycles. The summed E-state index contributed by atoms with van der Waals surface area (Å²) in [6.07, 6.45) is 0.728. The Morgan fingerprint density at radius 3 is 2.35 bits per heavy atom. The molecule has 1 atom stereocenters. The highest BCUT2D eigenvalue weighted by atomic mass is 35.5. The van der Waals surface area contributed by atoms with Gasteiger partial charge in [-0.15, -0.1) is 0 Å². The zero-order valence-corrected chi connectivity index (χ0v) is 15.4. The third-order valence-corrected chi connectivity index (χ3v) is 3.70. The largest absolute Gasteiger partial charge is 0.497 e. The summed E-state index contributed by atoms with van der Waals surface area (Å²) in [5.41, 5.74) is 0.687. The van der Waals surface area contributed by atoms with Gasteiger partial charge < -0.3 is 19.5 Å². The van der Waals surface area contributed by atoms with Gasteiger partial charge in [0.1, 0.15) is 16.7 Å². The van der Waals surface area contributed by atoms with Crippen LogP contribution in [0.2, 0.25) is 5.15 Å². The van der Waals surface area contributed by atoms with Crippen LogP contribution < -0.4 is 14.8 Å². The lowest BCUT2D eigenvalue weighted by Crippen LogP contribution is -2.32. The summed E-state index contributed by atoms with van der Waals surface area (Å²) in [6.45, 7) is 1.74. The number of esters is 1. The van der Waals surface area contributed by atoms with Gasteiger partial charge in [-0.2, -0.15) is 0 Å². The summed E-state index contributed by atoms with van der Waals surface area (Å²) >= 11 is 5.76. The second kappa shape index (κ2) is 9.05. The number of rotatable bonds is 7. The summed E-state index contributed by atoms with van der Waals surface area (Å²) in [5, 5.41) is 2.86. The number of carbonyl (C=O) groups is 2. The molecule has 138 valence electrons. The molecule has 0 radical (unpaired) electrons. The molecule has 1 N–H and O–H groups in total. The fourth-order valence-corrected chi connectivity index (χ4v) is 2.33. The minimum atomic E-state index is -0.966. The van der Waals surface area contributed by atoms with Gasteiger partial charge in [-0.3, -0.25) is 4.79 Å². The molecule has 26 heavy (non-hydrogen) atoms. The van der Waals surface area contributed by atoms with Crippen molar-refractivity contribution >= 4 is 29.2 Å². The minimum absolute atomic E-state index is 0.167. The molecule has 0 bridgehead atoms. The number of amides is 1. The number of methoxy groups -OCH3 is 2. The zero-order valence-electron chi connectivity index (χ0n) is 14.6. The maximum Gasteiger partial charge on any atom is 0.339 e. The Hall–Kier alpha value is -2.80. The standard InChI is InChI=1S/C18H19ClN2O5/c1-4-15(26-18(23)11-5-6-20-16(19)7-11)17(22)21-12-8-13(24-2)10-14(9-12)25-3/h5-10,15H,4H2,1-3H3,(H,21,22). The van der Waals surface area contributed by atoms with Crippen molar-refractivity contribution in [3.05, 3.63) is 47.2 Å². The molecule has 0 saturated carbocycles. The van der Waals surface area contributed by atoms with Gasteiger partial charge in [0.2, 0.25) is 0 Å². The number of halogens is 1. The SMILES string of the molecule is CCC(OC(=O)c1ccnc(Cl)c1)C(=O)Nc1cc(OC)cc(OC)c1. The van der Waals surface area contributed by atoms with Gasteiger partial charge in [0.25, 0.3) is 5.91 Å². The Balaban J connectivity index is 2.10. The molecule has 8 heteroatoms. The molecule has 1 unspecified atom stereocenters. The van der Waals surface area contributed by atoms with E-state index in [9.17, 15) is 9.59 Å². The summed E-state index contributed by atoms with van der Waals surface area (Å²) in [4.78, 5) is 28.5. The van der Waals surface area contributed by atoms with Crippen LogP contribution in [0, 0.1) is 0 Å². The smallest absolute Gasteiger partial charge is 0.339 e. The number of aromatic nitrogens is 1. The van der Waals surface area contributed by atoms with Crippen LogP contribution in [0.4, 0.5) is 5.69 Å². The van der Waals surface area contributed by atoms with Crippen LogP contribution in [0.1, 0.15) is 23.7 Å². The number of hydrogen-bond donors (Lipinski definition) is 1. The predicted octanol–water partition coefficient (Wildman–Crippen LogP) is 3.33. The average molecular weight is 379 g/mol. The van der Waals surface area contributed by atoms with Gasteiger partial charge in [0.15, 0.2) is 6.10 Å². The van der Waals surface area contributed by atoms with Crippen LogP contribution in [0.3, 0.4) is 0 Å². The Kier molecular flexibility index (Phi) is 6.80. The van der Waals surface area contributed by atoms with E-state index in [2.05, 4.69) is 10.3 Å². The van der Waals surface area contributed by atoms with Crippen molar-refractivity contribution in [3.63, 3.8) is 0 Å². The van der Waals surface area contributed by atoms with Crippen LogP contribution >= 0.6 is 11.6 Å². The van der Waals surface area contributed by atoms with Gasteiger partial charge in [-0.05, 0) is 18.6 Å². The highest BCUT2D eigenvalue weighted by molar-refractivity contribution is 6.29. The molecule has 0 aliphatic heterocycles. The Labute approximate surface area is 156 Å². The normalized spacial score (nSPS) is 11.4. The lowest BCUT2D eigenvalue weighted by Gasteiger charge is -2.17. The van der Waals surface area contributed by atoms with E-state index >= 15 is 0 Å². The lowest BCUT2D eigenvalue weighted by atomic mass is 10.2. The van der Waals surface area contributed by atoms with Crippen molar-refractivity contribution in [1.82, 2.24) is 4.98 Å². The zero-order chi connectivity index (χ0) is 19.1. The van der Waals surface area contributed by atoms with Crippen LogP contribution in [0.5, 0.6) is 11.5 Å². The van der Waals surface area contributed by atoms with Crippen molar-refractivity contribution in [2.24, 2.45) is 0 Å². The van der Waals surface area contributed by atoms with E-state index in [-0.39, 0.29) is 10.7 Å². The average Bonchev–Trinajstić information content (AvgIpc) is 2.65. The number of pyridine rings is 1. The number of nitrogens with one attached hydrogen (secondary N) is 1. The first kappa shape index (κ1) is 19.5. The van der Waals surface area contributed by atoms with E-state index < -0.39 is 18.0 Å². The molecular formula is C18H19ClN2O5. The number of carbonyl (C=O) groups excluding carboxylic acids is 2. The van der Waals surface area contributed by atoms with E-state index in [1.54, 1.807) is 25.1 Å². The summed E-state index contributed by atoms with van der Waals surface area (Å²) in [7, 11) is 3.02. The Bertz CT molecular complexity index is 775. The monoisotopic (exact) mass is 378 g/mol. The number of nitrogens with zero attached hydrogens (tertiary/aromatic N) is 1. The van der Waals surface area contributed by atoms with Gasteiger partial charge in [-0.1, -0.05) is 18.5 Å². The lowest BCUT2D eigenvalue weighted by molar-refractivity contribution is -0.124. The fraction of sp³-hybridized carbons (Fsp3) is 0.278. The number of benzene rings is 1. The highest BCUT2D eigenvalue weighted by Crippen LogP contribution is 2.26.